The molecule has 0 amide bonds. The van der Waals surface area contributed by atoms with Gasteiger partial charge in [-0.3, -0.25) is 0 Å². The Labute approximate surface area is 66.8 Å². The first-order valence-corrected chi connectivity index (χ1v) is 5.18. The summed E-state index contributed by atoms with van der Waals surface area (Å²) < 4.78 is 0. The van der Waals surface area contributed by atoms with Crippen LogP contribution in [0.1, 0.15) is 39.0 Å². The lowest BCUT2D eigenvalue weighted by molar-refractivity contribution is 0.675. The number of rotatable bonds is 5. The standard InChI is InChI=1S/C8H15.Al.2H/c1-3-5-7-8-6-4-2;;;/h1,3H,4-8H2,2H3;;;. The van der Waals surface area contributed by atoms with Gasteiger partial charge in [0.25, 0.3) is 0 Å². The average Bonchev–Trinajstić information content (AvgIpc) is 1.89. The van der Waals surface area contributed by atoms with Crippen LogP contribution in [0.4, 0.5) is 0 Å². The number of hydrogen-bond donors (Lipinski definition) is 0. The van der Waals surface area contributed by atoms with Gasteiger partial charge in [0, 0.05) is 0 Å². The highest BCUT2D eigenvalue weighted by Gasteiger charge is 1.82. The van der Waals surface area contributed by atoms with Gasteiger partial charge in [0.05, 0.1) is 0 Å². The topological polar surface area (TPSA) is 0 Å². The molecule has 1 heteroatoms. The highest BCUT2D eigenvalue weighted by molar-refractivity contribution is 6.16. The first-order valence-electron chi connectivity index (χ1n) is 4.03. The zero-order chi connectivity index (χ0) is 6.95. The van der Waals surface area contributed by atoms with Crippen LogP contribution >= 0.6 is 0 Å². The van der Waals surface area contributed by atoms with Crippen LogP contribution < -0.4 is 0 Å². The predicted molar refractivity (Wildman–Crippen MR) is 46.4 cm³/mol. The molecule has 0 atom stereocenters. The van der Waals surface area contributed by atoms with E-state index in [9.17, 15) is 0 Å². The first kappa shape index (κ1) is 9.27. The summed E-state index contributed by atoms with van der Waals surface area (Å²) in [5.74, 6) is 0. The van der Waals surface area contributed by atoms with Crippen molar-refractivity contribution in [3.8, 4) is 0 Å². The summed E-state index contributed by atoms with van der Waals surface area (Å²) in [7, 11) is 0. The Hall–Kier alpha value is 0.272. The van der Waals surface area contributed by atoms with Crippen LogP contribution in [0, 0.1) is 0 Å². The molecule has 0 N–H and O–H groups in total. The molecule has 0 fully saturated rings. The summed E-state index contributed by atoms with van der Waals surface area (Å²) >= 11 is 1.23. The lowest BCUT2D eigenvalue weighted by Gasteiger charge is -1.92. The Balaban J connectivity index is 2.75. The molecule has 0 aromatic rings. The Morgan fingerprint density at radius 1 is 1.22 bits per heavy atom. The van der Waals surface area contributed by atoms with Crippen molar-refractivity contribution in [2.24, 2.45) is 0 Å². The second kappa shape index (κ2) is 8.27. The smallest absolute Gasteiger partial charge is 0.157 e. The Morgan fingerprint density at radius 3 is 2.56 bits per heavy atom. The van der Waals surface area contributed by atoms with Crippen molar-refractivity contribution in [1.29, 1.82) is 0 Å². The zero-order valence-electron chi connectivity index (χ0n) is 6.69. The molecular formula is C8H17Al. The maximum absolute atomic E-state index is 2.31. The number of allylic oxidation sites excluding steroid dienone is 1. The molecule has 0 rings (SSSR count). The average molecular weight is 140 g/mol. The summed E-state index contributed by atoms with van der Waals surface area (Å²) in [5.41, 5.74) is 0. The summed E-state index contributed by atoms with van der Waals surface area (Å²) in [6.07, 6.45) is 9.19. The molecule has 0 nitrogen and oxygen atoms in total. The van der Waals surface area contributed by atoms with Gasteiger partial charge in [-0.25, -0.2) is 0 Å². The SMILES string of the molecule is CCCCCC/C=[CH]/[AlH2]. The van der Waals surface area contributed by atoms with E-state index in [1.54, 1.807) is 0 Å². The van der Waals surface area contributed by atoms with Gasteiger partial charge >= 0.3 is 0 Å². The van der Waals surface area contributed by atoms with Crippen LogP contribution in [0.15, 0.2) is 11.0 Å². The van der Waals surface area contributed by atoms with Crippen LogP contribution in [0.5, 0.6) is 0 Å². The lowest BCUT2D eigenvalue weighted by Crippen LogP contribution is -1.73. The van der Waals surface area contributed by atoms with Crippen molar-refractivity contribution < 1.29 is 0 Å². The number of unbranched alkanes of at least 4 members (excludes halogenated alkanes) is 4. The zero-order valence-corrected chi connectivity index (χ0v) is 8.69. The third kappa shape index (κ3) is 8.27. The van der Waals surface area contributed by atoms with E-state index in [0.29, 0.717) is 0 Å². The van der Waals surface area contributed by atoms with Crippen molar-refractivity contribution in [1.82, 2.24) is 0 Å². The van der Waals surface area contributed by atoms with E-state index < -0.39 is 0 Å². The second-order valence-corrected chi connectivity index (χ2v) is 3.09. The Bertz CT molecular complexity index is 67.0. The van der Waals surface area contributed by atoms with E-state index in [4.69, 9.17) is 0 Å². The van der Waals surface area contributed by atoms with Crippen LogP contribution in [-0.4, -0.2) is 16.3 Å². The van der Waals surface area contributed by atoms with Crippen molar-refractivity contribution in [2.75, 3.05) is 0 Å². The van der Waals surface area contributed by atoms with Crippen molar-refractivity contribution >= 4 is 16.3 Å². The van der Waals surface area contributed by atoms with Gasteiger partial charge in [-0.1, -0.05) is 26.2 Å². The minimum atomic E-state index is 1.23. The highest BCUT2D eigenvalue weighted by Crippen LogP contribution is 2.01. The van der Waals surface area contributed by atoms with Gasteiger partial charge in [0.15, 0.2) is 0 Å². The fourth-order valence-corrected chi connectivity index (χ4v) is 1.19. The third-order valence-corrected chi connectivity index (χ3v) is 1.93. The van der Waals surface area contributed by atoms with E-state index in [2.05, 4.69) is 17.9 Å². The molecule has 0 aliphatic rings. The maximum Gasteiger partial charge on any atom is 0.246 e. The molecule has 9 heavy (non-hydrogen) atoms. The molecule has 0 bridgehead atoms. The quantitative estimate of drug-likeness (QED) is 0.405. The van der Waals surface area contributed by atoms with Crippen LogP contribution in [0.2, 0.25) is 0 Å². The molecule has 0 saturated carbocycles. The number of hydrogen-bond acceptors (Lipinski definition) is 0. The third-order valence-electron chi connectivity index (χ3n) is 1.46. The summed E-state index contributed by atoms with van der Waals surface area (Å²) in [6, 6.07) is 0. The van der Waals surface area contributed by atoms with Gasteiger partial charge in [0.2, 0.25) is 16.3 Å². The summed E-state index contributed by atoms with van der Waals surface area (Å²) in [5, 5.41) is 0. The van der Waals surface area contributed by atoms with Crippen LogP contribution in [0.3, 0.4) is 0 Å². The van der Waals surface area contributed by atoms with E-state index in [-0.39, 0.29) is 0 Å². The van der Waals surface area contributed by atoms with Crippen molar-refractivity contribution in [2.45, 2.75) is 39.0 Å². The molecule has 0 saturated heterocycles. The van der Waals surface area contributed by atoms with Crippen molar-refractivity contribution in [3.05, 3.63) is 11.0 Å². The fourth-order valence-electron chi connectivity index (χ4n) is 0.856. The Morgan fingerprint density at radius 2 is 2.00 bits per heavy atom. The molecule has 0 aliphatic heterocycles. The predicted octanol–water partition coefficient (Wildman–Crippen LogP) is 2.10. The van der Waals surface area contributed by atoms with E-state index in [1.807, 2.05) is 0 Å². The Kier molecular flexibility index (Phi) is 8.52. The van der Waals surface area contributed by atoms with E-state index >= 15 is 0 Å². The van der Waals surface area contributed by atoms with Crippen LogP contribution in [-0.2, 0) is 0 Å². The van der Waals surface area contributed by atoms with Gasteiger partial charge in [-0.15, -0.1) is 6.08 Å². The van der Waals surface area contributed by atoms with E-state index in [1.165, 1.54) is 48.4 Å². The van der Waals surface area contributed by atoms with Gasteiger partial charge < -0.3 is 0 Å². The molecule has 0 radical (unpaired) electrons. The fraction of sp³-hybridized carbons (Fsp3) is 0.750. The highest BCUT2D eigenvalue weighted by atomic mass is 27.0. The summed E-state index contributed by atoms with van der Waals surface area (Å²) in [6.45, 7) is 2.25. The molecule has 0 aromatic carbocycles. The molecule has 52 valence electrons. The summed E-state index contributed by atoms with van der Waals surface area (Å²) in [4.78, 5) is 2.27. The normalized spacial score (nSPS) is 10.8. The minimum Gasteiger partial charge on any atom is -0.157 e. The molecular weight excluding hydrogens is 123 g/mol. The maximum atomic E-state index is 2.31. The molecule has 0 aliphatic carbocycles. The molecule has 0 spiro atoms. The minimum absolute atomic E-state index is 1.23. The first-order chi connectivity index (χ1) is 4.41. The van der Waals surface area contributed by atoms with Gasteiger partial charge in [-0.05, 0) is 12.8 Å². The molecule has 0 heterocycles. The van der Waals surface area contributed by atoms with Gasteiger partial charge in [0.1, 0.15) is 0 Å². The van der Waals surface area contributed by atoms with Gasteiger partial charge in [-0.2, -0.15) is 4.94 Å². The lowest BCUT2D eigenvalue weighted by atomic mass is 10.2. The largest absolute Gasteiger partial charge is 0.246 e. The monoisotopic (exact) mass is 140 g/mol. The van der Waals surface area contributed by atoms with E-state index in [0.717, 1.165) is 0 Å². The second-order valence-electron chi connectivity index (χ2n) is 2.42. The molecule has 0 unspecified atom stereocenters. The van der Waals surface area contributed by atoms with Crippen molar-refractivity contribution in [3.63, 3.8) is 0 Å². The molecule has 0 aromatic heterocycles. The van der Waals surface area contributed by atoms with Crippen LogP contribution in [0.25, 0.3) is 0 Å².